The molecule has 15 heavy (non-hydrogen) atoms. The molecule has 0 aromatic heterocycles. The van der Waals surface area contributed by atoms with Crippen molar-refractivity contribution in [2.45, 2.75) is 30.6 Å². The Morgan fingerprint density at radius 3 is 2.33 bits per heavy atom. The lowest BCUT2D eigenvalue weighted by atomic mass is 9.71. The van der Waals surface area contributed by atoms with Gasteiger partial charge >= 0.3 is 0 Å². The van der Waals surface area contributed by atoms with Crippen LogP contribution in [0.25, 0.3) is 0 Å². The molecule has 3 nitrogen and oxygen atoms in total. The second kappa shape index (κ2) is 3.36. The van der Waals surface area contributed by atoms with Crippen molar-refractivity contribution < 1.29 is 9.59 Å². The maximum Gasteiger partial charge on any atom is 0.220 e. The Kier molecular flexibility index (Phi) is 2.51. The summed E-state index contributed by atoms with van der Waals surface area (Å²) in [6.45, 7) is 3.58. The average molecular weight is 250 g/mol. The number of nitrogens with zero attached hydrogens (tertiary/aromatic N) is 1. The van der Waals surface area contributed by atoms with Crippen LogP contribution < -0.4 is 0 Å². The smallest absolute Gasteiger partial charge is 0.220 e. The fourth-order valence-electron chi connectivity index (χ4n) is 2.82. The molecule has 84 valence electrons. The predicted molar refractivity (Wildman–Crippen MR) is 57.9 cm³/mol. The third-order valence-electron chi connectivity index (χ3n) is 3.46. The summed E-state index contributed by atoms with van der Waals surface area (Å²) in [5.74, 6) is 0.108. The monoisotopic (exact) mass is 249 g/mol. The van der Waals surface area contributed by atoms with Gasteiger partial charge in [-0.2, -0.15) is 0 Å². The molecule has 0 bridgehead atoms. The van der Waals surface area contributed by atoms with E-state index in [1.165, 1.54) is 13.8 Å². The predicted octanol–water partition coefficient (Wildman–Crippen LogP) is 1.62. The van der Waals surface area contributed by atoms with Gasteiger partial charge in [0.15, 0.2) is 5.78 Å². The highest BCUT2D eigenvalue weighted by Crippen LogP contribution is 2.58. The van der Waals surface area contributed by atoms with E-state index >= 15 is 0 Å². The van der Waals surface area contributed by atoms with Crippen molar-refractivity contribution in [3.8, 4) is 0 Å². The maximum absolute atomic E-state index is 11.5. The van der Waals surface area contributed by atoms with Gasteiger partial charge in [0.05, 0.1) is 6.04 Å². The molecule has 0 aromatic rings. The van der Waals surface area contributed by atoms with Crippen molar-refractivity contribution in [3.63, 3.8) is 0 Å². The van der Waals surface area contributed by atoms with Gasteiger partial charge in [0.2, 0.25) is 5.91 Å². The van der Waals surface area contributed by atoms with Gasteiger partial charge in [0.25, 0.3) is 0 Å². The Labute approximate surface area is 98.7 Å². The van der Waals surface area contributed by atoms with Crippen LogP contribution >= 0.6 is 23.2 Å². The summed E-state index contributed by atoms with van der Waals surface area (Å²) >= 11 is 12.2. The molecule has 1 saturated carbocycles. The topological polar surface area (TPSA) is 37.4 Å². The van der Waals surface area contributed by atoms with Gasteiger partial charge in [-0.05, 0) is 19.3 Å². The van der Waals surface area contributed by atoms with Crippen molar-refractivity contribution in [2.75, 3.05) is 6.54 Å². The minimum atomic E-state index is -0.828. The van der Waals surface area contributed by atoms with Crippen LogP contribution in [0.2, 0.25) is 0 Å². The Hall–Kier alpha value is -0.280. The van der Waals surface area contributed by atoms with E-state index in [9.17, 15) is 9.59 Å². The minimum absolute atomic E-state index is 0.0249. The summed E-state index contributed by atoms with van der Waals surface area (Å²) in [5, 5.41) is 0. The number of rotatable bonds is 1. The minimum Gasteiger partial charge on any atom is -0.332 e. The lowest BCUT2D eigenvalue weighted by Crippen LogP contribution is -2.51. The Bertz CT molecular complexity index is 329. The quantitative estimate of drug-likeness (QED) is 0.663. The van der Waals surface area contributed by atoms with Crippen LogP contribution in [0.1, 0.15) is 20.3 Å². The molecule has 2 rings (SSSR count). The number of carbonyl (C=O) groups is 2. The Balaban J connectivity index is 2.27. The van der Waals surface area contributed by atoms with E-state index in [0.29, 0.717) is 13.0 Å². The van der Waals surface area contributed by atoms with Crippen LogP contribution in [0.4, 0.5) is 0 Å². The molecule has 2 aliphatic rings. The van der Waals surface area contributed by atoms with Crippen molar-refractivity contribution >= 4 is 34.9 Å². The molecule has 0 unspecified atom stereocenters. The van der Waals surface area contributed by atoms with Gasteiger partial charge in [0, 0.05) is 19.4 Å². The first-order valence-electron chi connectivity index (χ1n) is 5.00. The number of carbonyl (C=O) groups excluding carboxylic acids is 2. The Morgan fingerprint density at radius 2 is 1.93 bits per heavy atom. The van der Waals surface area contributed by atoms with Crippen molar-refractivity contribution in [2.24, 2.45) is 11.8 Å². The molecule has 1 aliphatic heterocycles. The van der Waals surface area contributed by atoms with Crippen molar-refractivity contribution in [1.82, 2.24) is 4.90 Å². The first-order chi connectivity index (χ1) is 6.84. The molecule has 2 fully saturated rings. The summed E-state index contributed by atoms with van der Waals surface area (Å²) in [4.78, 5) is 24.5. The lowest BCUT2D eigenvalue weighted by molar-refractivity contribution is -0.136. The number of alkyl halides is 2. The summed E-state index contributed by atoms with van der Waals surface area (Å²) < 4.78 is -0.828. The molecule has 3 atom stereocenters. The molecule has 1 saturated heterocycles. The van der Waals surface area contributed by atoms with Gasteiger partial charge in [-0.3, -0.25) is 9.59 Å². The number of amides is 1. The number of hydrogen-bond acceptors (Lipinski definition) is 2. The highest BCUT2D eigenvalue weighted by atomic mass is 35.5. The number of Topliss-reactive ketones (excluding diaryl/α,β-unsaturated/α-hetero) is 1. The van der Waals surface area contributed by atoms with Crippen LogP contribution in [-0.2, 0) is 9.59 Å². The molecule has 0 radical (unpaired) electrons. The van der Waals surface area contributed by atoms with Gasteiger partial charge in [-0.15, -0.1) is 23.2 Å². The van der Waals surface area contributed by atoms with Gasteiger partial charge in [-0.1, -0.05) is 0 Å². The van der Waals surface area contributed by atoms with Crippen LogP contribution in [0.5, 0.6) is 0 Å². The van der Waals surface area contributed by atoms with Crippen LogP contribution in [-0.4, -0.2) is 33.5 Å². The maximum atomic E-state index is 11.5. The number of fused-ring (bicyclic) bond motifs is 1. The molecule has 0 N–H and O–H groups in total. The van der Waals surface area contributed by atoms with E-state index in [4.69, 9.17) is 23.2 Å². The highest BCUT2D eigenvalue weighted by molar-refractivity contribution is 6.49. The van der Waals surface area contributed by atoms with E-state index in [1.54, 1.807) is 4.90 Å². The number of ketones is 1. The second-order valence-corrected chi connectivity index (χ2v) is 6.02. The average Bonchev–Trinajstić information content (AvgIpc) is 2.39. The van der Waals surface area contributed by atoms with Crippen LogP contribution in [0.3, 0.4) is 0 Å². The molecule has 0 aromatic carbocycles. The number of halogens is 2. The standard InChI is InChI=1S/C10H13Cl2NO2/c1-5(14)9-8-7(3-10(8,11)12)4-13(9)6(2)15/h7-9H,3-4H2,1-2H3/t7-,8-,9+/m0/s1. The normalized spacial score (nSPS) is 37.1. The van der Waals surface area contributed by atoms with Gasteiger partial charge in [0.1, 0.15) is 4.33 Å². The first-order valence-corrected chi connectivity index (χ1v) is 5.75. The second-order valence-electron chi connectivity index (χ2n) is 4.48. The van der Waals surface area contributed by atoms with Crippen LogP contribution in [0.15, 0.2) is 0 Å². The number of hydrogen-bond donors (Lipinski definition) is 0. The molecule has 1 amide bonds. The first kappa shape index (κ1) is 11.2. The molecule has 5 heteroatoms. The molecular weight excluding hydrogens is 237 g/mol. The molecular formula is C10H13Cl2NO2. The zero-order chi connectivity index (χ0) is 11.4. The zero-order valence-electron chi connectivity index (χ0n) is 8.67. The number of likely N-dealkylation sites (tertiary alicyclic amines) is 1. The SMILES string of the molecule is CC(=O)[C@@H]1[C@@H]2[C@H](CN1C(C)=O)CC2(Cl)Cl. The Morgan fingerprint density at radius 1 is 1.33 bits per heavy atom. The summed E-state index contributed by atoms with van der Waals surface area (Å²) in [5.41, 5.74) is 0. The zero-order valence-corrected chi connectivity index (χ0v) is 10.2. The third kappa shape index (κ3) is 1.56. The summed E-state index contributed by atoms with van der Waals surface area (Å²) in [6.07, 6.45) is 0.675. The largest absolute Gasteiger partial charge is 0.332 e. The van der Waals surface area contributed by atoms with E-state index in [1.807, 2.05) is 0 Å². The van der Waals surface area contributed by atoms with E-state index in [2.05, 4.69) is 0 Å². The lowest BCUT2D eigenvalue weighted by Gasteiger charge is -2.44. The summed E-state index contributed by atoms with van der Waals surface area (Å²) in [7, 11) is 0. The molecule has 1 heterocycles. The van der Waals surface area contributed by atoms with Crippen LogP contribution in [0, 0.1) is 11.8 Å². The van der Waals surface area contributed by atoms with Crippen molar-refractivity contribution in [1.29, 1.82) is 0 Å². The van der Waals surface area contributed by atoms with E-state index < -0.39 is 10.4 Å². The molecule has 1 aliphatic carbocycles. The summed E-state index contributed by atoms with van der Waals surface area (Å²) in [6, 6.07) is -0.420. The fraction of sp³-hybridized carbons (Fsp3) is 0.800. The van der Waals surface area contributed by atoms with Crippen molar-refractivity contribution in [3.05, 3.63) is 0 Å². The van der Waals surface area contributed by atoms with E-state index in [0.717, 1.165) is 0 Å². The van der Waals surface area contributed by atoms with E-state index in [-0.39, 0.29) is 23.5 Å². The highest BCUT2D eigenvalue weighted by Gasteiger charge is 2.62. The molecule has 0 spiro atoms. The third-order valence-corrected chi connectivity index (χ3v) is 4.27. The fourth-order valence-corrected chi connectivity index (χ4v) is 3.81. The van der Waals surface area contributed by atoms with Gasteiger partial charge < -0.3 is 4.90 Å². The van der Waals surface area contributed by atoms with Gasteiger partial charge in [-0.25, -0.2) is 0 Å².